The number of carboxylic acid groups (broad SMARTS) is 2. The van der Waals surface area contributed by atoms with Crippen LogP contribution in [0.4, 0.5) is 0 Å². The molecule has 35 heavy (non-hydrogen) atoms. The molecule has 1 rings (SSSR count). The number of aliphatic hydroxyl groups excluding tert-OH is 1. The molecule has 12 heteroatoms. The number of aliphatic hydroxyl groups is 1. The van der Waals surface area contributed by atoms with Gasteiger partial charge in [0, 0.05) is 0 Å². The van der Waals surface area contributed by atoms with Crippen molar-refractivity contribution in [3.05, 3.63) is 35.9 Å². The SMILES string of the molecule is CC(C)CC(NC(=O)C(NC(=O)C(CC(=O)O)NC(=O)C(N)Cc1ccccc1)C(C)O)C(=O)O. The Hall–Kier alpha value is -3.51. The Morgan fingerprint density at radius 2 is 1.43 bits per heavy atom. The molecule has 0 aliphatic rings. The van der Waals surface area contributed by atoms with Crippen LogP contribution in [0.15, 0.2) is 30.3 Å². The molecule has 12 nitrogen and oxygen atoms in total. The average molecular weight is 495 g/mol. The highest BCUT2D eigenvalue weighted by atomic mass is 16.4. The summed E-state index contributed by atoms with van der Waals surface area (Å²) in [6.07, 6.45) is -2.01. The molecule has 0 fully saturated rings. The molecule has 5 unspecified atom stereocenters. The van der Waals surface area contributed by atoms with Crippen LogP contribution in [0.2, 0.25) is 0 Å². The Balaban J connectivity index is 2.93. The third kappa shape index (κ3) is 10.5. The van der Waals surface area contributed by atoms with Gasteiger partial charge in [0.05, 0.1) is 18.6 Å². The van der Waals surface area contributed by atoms with Gasteiger partial charge in [0.1, 0.15) is 18.1 Å². The van der Waals surface area contributed by atoms with Gasteiger partial charge >= 0.3 is 11.9 Å². The van der Waals surface area contributed by atoms with E-state index in [4.69, 9.17) is 5.73 Å². The molecule has 0 radical (unpaired) electrons. The van der Waals surface area contributed by atoms with Crippen molar-refractivity contribution in [3.8, 4) is 0 Å². The number of nitrogens with two attached hydrogens (primary N) is 1. The second-order valence-corrected chi connectivity index (χ2v) is 8.71. The number of amides is 3. The molecular formula is C23H34N4O8. The summed E-state index contributed by atoms with van der Waals surface area (Å²) in [7, 11) is 0. The quantitative estimate of drug-likeness (QED) is 0.169. The summed E-state index contributed by atoms with van der Waals surface area (Å²) in [5.74, 6) is -5.55. The van der Waals surface area contributed by atoms with Crippen molar-refractivity contribution in [2.45, 2.75) is 70.3 Å². The first kappa shape index (κ1) is 29.5. The maximum absolute atomic E-state index is 12.8. The number of benzene rings is 1. The minimum Gasteiger partial charge on any atom is -0.481 e. The monoisotopic (exact) mass is 494 g/mol. The van der Waals surface area contributed by atoms with Gasteiger partial charge in [0.2, 0.25) is 17.7 Å². The number of hydrogen-bond acceptors (Lipinski definition) is 7. The largest absolute Gasteiger partial charge is 0.481 e. The summed E-state index contributed by atoms with van der Waals surface area (Å²) in [6, 6.07) is 3.29. The zero-order valence-electron chi connectivity index (χ0n) is 19.9. The van der Waals surface area contributed by atoms with E-state index in [-0.39, 0.29) is 18.8 Å². The average Bonchev–Trinajstić information content (AvgIpc) is 2.75. The Kier molecular flexibility index (Phi) is 11.8. The molecule has 0 aliphatic heterocycles. The lowest BCUT2D eigenvalue weighted by molar-refractivity contribution is -0.144. The molecule has 0 aromatic heterocycles. The first-order chi connectivity index (χ1) is 16.3. The van der Waals surface area contributed by atoms with Gasteiger partial charge in [0.25, 0.3) is 0 Å². The van der Waals surface area contributed by atoms with Crippen molar-refractivity contribution in [1.82, 2.24) is 16.0 Å². The summed E-state index contributed by atoms with van der Waals surface area (Å²) in [4.78, 5) is 60.6. The number of rotatable bonds is 14. The summed E-state index contributed by atoms with van der Waals surface area (Å²) in [5.41, 5.74) is 6.66. The Morgan fingerprint density at radius 3 is 1.91 bits per heavy atom. The van der Waals surface area contributed by atoms with Crippen molar-refractivity contribution in [1.29, 1.82) is 0 Å². The van der Waals surface area contributed by atoms with E-state index in [9.17, 15) is 39.3 Å². The number of hydrogen-bond donors (Lipinski definition) is 7. The molecule has 8 N–H and O–H groups in total. The molecule has 0 spiro atoms. The second kappa shape index (κ2) is 14.0. The minimum atomic E-state index is -1.60. The summed E-state index contributed by atoms with van der Waals surface area (Å²) in [6.45, 7) is 4.72. The van der Waals surface area contributed by atoms with Crippen LogP contribution in [0, 0.1) is 5.92 Å². The molecule has 1 aromatic carbocycles. The van der Waals surface area contributed by atoms with E-state index in [0.717, 1.165) is 5.56 Å². The third-order valence-electron chi connectivity index (χ3n) is 5.03. The lowest BCUT2D eigenvalue weighted by atomic mass is 10.0. The molecule has 0 aliphatic carbocycles. The Labute approximate surface area is 203 Å². The zero-order chi connectivity index (χ0) is 26.7. The third-order valence-corrected chi connectivity index (χ3v) is 5.03. The van der Waals surface area contributed by atoms with Crippen LogP contribution in [0.3, 0.4) is 0 Å². The smallest absolute Gasteiger partial charge is 0.326 e. The van der Waals surface area contributed by atoms with Gasteiger partial charge in [-0.25, -0.2) is 4.79 Å². The predicted molar refractivity (Wildman–Crippen MR) is 125 cm³/mol. The maximum atomic E-state index is 12.8. The lowest BCUT2D eigenvalue weighted by Crippen LogP contribution is -2.60. The molecule has 0 saturated carbocycles. The van der Waals surface area contributed by atoms with Gasteiger partial charge in [0.15, 0.2) is 0 Å². The standard InChI is InChI=1S/C23H34N4O8/c1-12(2)9-17(23(34)35)26-22(33)19(13(3)28)27-21(32)16(11-18(29)30)25-20(31)15(24)10-14-7-5-4-6-8-14/h4-8,12-13,15-17,19,28H,9-11,24H2,1-3H3,(H,25,31)(H,26,33)(H,27,32)(H,29,30)(H,34,35). The summed E-state index contributed by atoms with van der Waals surface area (Å²) in [5, 5.41) is 35.3. The van der Waals surface area contributed by atoms with E-state index in [0.29, 0.717) is 0 Å². The minimum absolute atomic E-state index is 0.0637. The number of aliphatic carboxylic acids is 2. The molecule has 1 aromatic rings. The summed E-state index contributed by atoms with van der Waals surface area (Å²) < 4.78 is 0. The van der Waals surface area contributed by atoms with Crippen LogP contribution >= 0.6 is 0 Å². The van der Waals surface area contributed by atoms with E-state index in [1.54, 1.807) is 44.2 Å². The van der Waals surface area contributed by atoms with E-state index in [1.807, 2.05) is 0 Å². The van der Waals surface area contributed by atoms with Gasteiger partial charge in [-0.05, 0) is 31.2 Å². The van der Waals surface area contributed by atoms with Crippen molar-refractivity contribution in [2.24, 2.45) is 11.7 Å². The number of carbonyl (C=O) groups excluding carboxylic acids is 3. The van der Waals surface area contributed by atoms with Crippen LogP contribution < -0.4 is 21.7 Å². The van der Waals surface area contributed by atoms with Gasteiger partial charge in [-0.15, -0.1) is 0 Å². The lowest BCUT2D eigenvalue weighted by Gasteiger charge is -2.26. The molecule has 3 amide bonds. The van der Waals surface area contributed by atoms with Gasteiger partial charge in [-0.3, -0.25) is 19.2 Å². The van der Waals surface area contributed by atoms with Gasteiger partial charge in [-0.1, -0.05) is 44.2 Å². The highest BCUT2D eigenvalue weighted by molar-refractivity contribution is 5.95. The fourth-order valence-electron chi connectivity index (χ4n) is 3.24. The van der Waals surface area contributed by atoms with Gasteiger partial charge in [-0.2, -0.15) is 0 Å². The molecular weight excluding hydrogens is 460 g/mol. The first-order valence-electron chi connectivity index (χ1n) is 11.1. The van der Waals surface area contributed by atoms with Crippen LogP contribution in [0.25, 0.3) is 0 Å². The predicted octanol–water partition coefficient (Wildman–Crippen LogP) is -1.00. The Bertz CT molecular complexity index is 891. The highest BCUT2D eigenvalue weighted by Gasteiger charge is 2.33. The fourth-order valence-corrected chi connectivity index (χ4v) is 3.24. The van der Waals surface area contributed by atoms with Crippen molar-refractivity contribution < 1.29 is 39.3 Å². The highest BCUT2D eigenvalue weighted by Crippen LogP contribution is 2.07. The topological polar surface area (TPSA) is 208 Å². The first-order valence-corrected chi connectivity index (χ1v) is 11.1. The van der Waals surface area contributed by atoms with Crippen LogP contribution in [-0.4, -0.2) is 75.3 Å². The molecule has 0 heterocycles. The molecule has 5 atom stereocenters. The van der Waals surface area contributed by atoms with Gasteiger partial charge < -0.3 is 37.0 Å². The van der Waals surface area contributed by atoms with E-state index in [2.05, 4.69) is 16.0 Å². The zero-order valence-corrected chi connectivity index (χ0v) is 19.9. The number of nitrogens with one attached hydrogen (secondary N) is 3. The van der Waals surface area contributed by atoms with Crippen LogP contribution in [0.5, 0.6) is 0 Å². The molecule has 194 valence electrons. The van der Waals surface area contributed by atoms with Crippen LogP contribution in [0.1, 0.15) is 39.2 Å². The van der Waals surface area contributed by atoms with Crippen LogP contribution in [-0.2, 0) is 30.4 Å². The molecule has 0 saturated heterocycles. The fraction of sp³-hybridized carbons (Fsp3) is 0.522. The summed E-state index contributed by atoms with van der Waals surface area (Å²) >= 11 is 0. The van der Waals surface area contributed by atoms with Crippen molar-refractivity contribution in [3.63, 3.8) is 0 Å². The van der Waals surface area contributed by atoms with Crippen molar-refractivity contribution in [2.75, 3.05) is 0 Å². The van der Waals surface area contributed by atoms with E-state index in [1.165, 1.54) is 6.92 Å². The van der Waals surface area contributed by atoms with E-state index < -0.39 is 66.4 Å². The number of carboxylic acids is 2. The molecule has 0 bridgehead atoms. The maximum Gasteiger partial charge on any atom is 0.326 e. The van der Waals surface area contributed by atoms with E-state index >= 15 is 0 Å². The second-order valence-electron chi connectivity index (χ2n) is 8.71. The Morgan fingerprint density at radius 1 is 0.857 bits per heavy atom. The normalized spacial score (nSPS) is 15.3. The van der Waals surface area contributed by atoms with Crippen molar-refractivity contribution >= 4 is 29.7 Å². The number of carbonyl (C=O) groups is 5.